The monoisotopic (exact) mass is 328 g/mol. The van der Waals surface area contributed by atoms with Gasteiger partial charge in [-0.3, -0.25) is 4.79 Å². The zero-order chi connectivity index (χ0) is 13.8. The quantitative estimate of drug-likeness (QED) is 0.927. The first-order valence-corrected chi connectivity index (χ1v) is 7.36. The van der Waals surface area contributed by atoms with Gasteiger partial charge in [0.25, 0.3) is 5.91 Å². The number of likely N-dealkylation sites (tertiary alicyclic amines) is 1. The predicted molar refractivity (Wildman–Crippen MR) is 76.4 cm³/mol. The van der Waals surface area contributed by atoms with E-state index in [1.54, 1.807) is 12.1 Å². The van der Waals surface area contributed by atoms with Crippen LogP contribution in [0.25, 0.3) is 0 Å². The van der Waals surface area contributed by atoms with Crippen LogP contribution in [0, 0.1) is 11.7 Å². The number of carbonyl (C=O) groups excluding carboxylic acids is 1. The van der Waals surface area contributed by atoms with E-state index in [1.807, 2.05) is 4.90 Å². The van der Waals surface area contributed by atoms with Gasteiger partial charge in [0, 0.05) is 13.1 Å². The Labute approximate surface area is 121 Å². The van der Waals surface area contributed by atoms with Crippen molar-refractivity contribution in [2.24, 2.45) is 11.7 Å². The number of amides is 1. The second-order valence-electron chi connectivity index (χ2n) is 4.94. The van der Waals surface area contributed by atoms with Gasteiger partial charge in [-0.15, -0.1) is 0 Å². The number of benzene rings is 1. The molecule has 19 heavy (non-hydrogen) atoms. The number of rotatable bonds is 3. The summed E-state index contributed by atoms with van der Waals surface area (Å²) in [5, 5.41) is 0. The van der Waals surface area contributed by atoms with E-state index in [4.69, 9.17) is 5.73 Å². The molecule has 1 atom stereocenters. The SMILES string of the molecule is NCCC1CCCN(C(=O)c2cccc(F)c2Br)C1. The molecule has 2 rings (SSSR count). The Morgan fingerprint density at radius 2 is 2.32 bits per heavy atom. The topological polar surface area (TPSA) is 46.3 Å². The summed E-state index contributed by atoms with van der Waals surface area (Å²) in [5.74, 6) is -0.0375. The van der Waals surface area contributed by atoms with Crippen molar-refractivity contribution in [3.8, 4) is 0 Å². The van der Waals surface area contributed by atoms with Crippen LogP contribution in [-0.2, 0) is 0 Å². The number of hydrogen-bond acceptors (Lipinski definition) is 2. The van der Waals surface area contributed by atoms with Crippen LogP contribution < -0.4 is 5.73 Å². The van der Waals surface area contributed by atoms with Gasteiger partial charge in [-0.1, -0.05) is 6.07 Å². The number of carbonyl (C=O) groups is 1. The Morgan fingerprint density at radius 1 is 1.53 bits per heavy atom. The summed E-state index contributed by atoms with van der Waals surface area (Å²) in [6.07, 6.45) is 3.04. The molecule has 1 aromatic rings. The van der Waals surface area contributed by atoms with Crippen LogP contribution in [0.4, 0.5) is 4.39 Å². The highest BCUT2D eigenvalue weighted by atomic mass is 79.9. The van der Waals surface area contributed by atoms with Gasteiger partial charge in [-0.25, -0.2) is 4.39 Å². The molecule has 2 N–H and O–H groups in total. The molecular formula is C14H18BrFN2O. The zero-order valence-electron chi connectivity index (χ0n) is 10.7. The van der Waals surface area contributed by atoms with E-state index in [1.165, 1.54) is 6.07 Å². The number of piperidine rings is 1. The van der Waals surface area contributed by atoms with Crippen LogP contribution in [0.15, 0.2) is 22.7 Å². The third-order valence-electron chi connectivity index (χ3n) is 3.56. The lowest BCUT2D eigenvalue weighted by molar-refractivity contribution is 0.0668. The molecule has 1 aliphatic rings. The van der Waals surface area contributed by atoms with Crippen molar-refractivity contribution < 1.29 is 9.18 Å². The van der Waals surface area contributed by atoms with Crippen molar-refractivity contribution in [3.63, 3.8) is 0 Å². The van der Waals surface area contributed by atoms with Gasteiger partial charge < -0.3 is 10.6 Å². The van der Waals surface area contributed by atoms with E-state index in [9.17, 15) is 9.18 Å². The highest BCUT2D eigenvalue weighted by Gasteiger charge is 2.25. The van der Waals surface area contributed by atoms with E-state index < -0.39 is 5.82 Å². The normalized spacial score (nSPS) is 19.5. The Hall–Kier alpha value is -0.940. The molecule has 0 aliphatic carbocycles. The van der Waals surface area contributed by atoms with E-state index >= 15 is 0 Å². The summed E-state index contributed by atoms with van der Waals surface area (Å²) in [7, 11) is 0. The molecule has 0 spiro atoms. The van der Waals surface area contributed by atoms with Crippen LogP contribution in [-0.4, -0.2) is 30.4 Å². The summed E-state index contributed by atoms with van der Waals surface area (Å²) in [6.45, 7) is 2.11. The molecule has 1 amide bonds. The molecule has 1 saturated heterocycles. The van der Waals surface area contributed by atoms with E-state index in [0.717, 1.165) is 32.4 Å². The Bertz CT molecular complexity index is 465. The van der Waals surface area contributed by atoms with Crippen LogP contribution in [0.1, 0.15) is 29.6 Å². The molecule has 0 saturated carbocycles. The molecular weight excluding hydrogens is 311 g/mol. The summed E-state index contributed by atoms with van der Waals surface area (Å²) < 4.78 is 13.7. The minimum Gasteiger partial charge on any atom is -0.338 e. The highest BCUT2D eigenvalue weighted by Crippen LogP contribution is 2.25. The first-order chi connectivity index (χ1) is 9.13. The fourth-order valence-corrected chi connectivity index (χ4v) is 2.99. The van der Waals surface area contributed by atoms with E-state index in [2.05, 4.69) is 15.9 Å². The van der Waals surface area contributed by atoms with Gasteiger partial charge in [-0.05, 0) is 59.8 Å². The summed E-state index contributed by atoms with van der Waals surface area (Å²) in [5.41, 5.74) is 5.97. The van der Waals surface area contributed by atoms with E-state index in [-0.39, 0.29) is 10.4 Å². The molecule has 5 heteroatoms. The van der Waals surface area contributed by atoms with Crippen molar-refractivity contribution in [1.82, 2.24) is 4.90 Å². The van der Waals surface area contributed by atoms with Crippen LogP contribution in [0.2, 0.25) is 0 Å². The minimum atomic E-state index is -0.402. The van der Waals surface area contributed by atoms with Crippen molar-refractivity contribution in [2.45, 2.75) is 19.3 Å². The molecule has 0 radical (unpaired) electrons. The van der Waals surface area contributed by atoms with Crippen LogP contribution in [0.3, 0.4) is 0 Å². The zero-order valence-corrected chi connectivity index (χ0v) is 12.3. The standard InChI is InChI=1S/C14H18BrFN2O/c15-13-11(4-1-5-12(13)16)14(19)18-8-2-3-10(9-18)6-7-17/h1,4-5,10H,2-3,6-9,17H2. The van der Waals surface area contributed by atoms with Crippen molar-refractivity contribution in [1.29, 1.82) is 0 Å². The first-order valence-electron chi connectivity index (χ1n) is 6.57. The van der Waals surface area contributed by atoms with Gasteiger partial charge in [0.05, 0.1) is 10.0 Å². The number of hydrogen-bond donors (Lipinski definition) is 1. The Morgan fingerprint density at radius 3 is 3.05 bits per heavy atom. The first kappa shape index (κ1) is 14.5. The van der Waals surface area contributed by atoms with Gasteiger partial charge in [0.1, 0.15) is 5.82 Å². The molecule has 1 aromatic carbocycles. The lowest BCUT2D eigenvalue weighted by Gasteiger charge is -2.33. The maximum absolute atomic E-state index is 13.5. The van der Waals surface area contributed by atoms with Crippen LogP contribution in [0.5, 0.6) is 0 Å². The van der Waals surface area contributed by atoms with Crippen molar-refractivity contribution >= 4 is 21.8 Å². The molecule has 104 valence electrons. The highest BCUT2D eigenvalue weighted by molar-refractivity contribution is 9.10. The van der Waals surface area contributed by atoms with Gasteiger partial charge in [-0.2, -0.15) is 0 Å². The van der Waals surface area contributed by atoms with Crippen LogP contribution >= 0.6 is 15.9 Å². The predicted octanol–water partition coefficient (Wildman–Crippen LogP) is 2.79. The fraction of sp³-hybridized carbons (Fsp3) is 0.500. The molecule has 0 bridgehead atoms. The van der Waals surface area contributed by atoms with Gasteiger partial charge in [0.2, 0.25) is 0 Å². The third-order valence-corrected chi connectivity index (χ3v) is 4.37. The number of halogens is 2. The molecule has 1 unspecified atom stereocenters. The maximum atomic E-state index is 13.5. The Kier molecular flexibility index (Phi) is 4.93. The van der Waals surface area contributed by atoms with Crippen molar-refractivity contribution in [2.75, 3.05) is 19.6 Å². The smallest absolute Gasteiger partial charge is 0.255 e. The molecule has 1 fully saturated rings. The minimum absolute atomic E-state index is 0.104. The van der Waals surface area contributed by atoms with Gasteiger partial charge >= 0.3 is 0 Å². The van der Waals surface area contributed by atoms with Gasteiger partial charge in [0.15, 0.2) is 0 Å². The summed E-state index contributed by atoms with van der Waals surface area (Å²) in [4.78, 5) is 14.2. The summed E-state index contributed by atoms with van der Waals surface area (Å²) in [6, 6.07) is 4.56. The Balaban J connectivity index is 2.12. The molecule has 3 nitrogen and oxygen atoms in total. The second kappa shape index (κ2) is 6.48. The average Bonchev–Trinajstić information content (AvgIpc) is 2.42. The molecule has 0 aromatic heterocycles. The second-order valence-corrected chi connectivity index (χ2v) is 5.73. The largest absolute Gasteiger partial charge is 0.338 e. The van der Waals surface area contributed by atoms with Crippen molar-refractivity contribution in [3.05, 3.63) is 34.1 Å². The number of nitrogens with zero attached hydrogens (tertiary/aromatic N) is 1. The third kappa shape index (κ3) is 3.34. The molecule has 1 heterocycles. The lowest BCUT2D eigenvalue weighted by atomic mass is 9.94. The van der Waals surface area contributed by atoms with E-state index in [0.29, 0.717) is 18.0 Å². The molecule has 1 aliphatic heterocycles. The number of nitrogens with two attached hydrogens (primary N) is 1. The lowest BCUT2D eigenvalue weighted by Crippen LogP contribution is -2.40. The summed E-state index contributed by atoms with van der Waals surface area (Å²) >= 11 is 3.15. The average molecular weight is 329 g/mol. The fourth-order valence-electron chi connectivity index (χ4n) is 2.56. The maximum Gasteiger partial charge on any atom is 0.255 e.